The zero-order valence-electron chi connectivity index (χ0n) is 19.4. The molecule has 11 heteroatoms. The minimum absolute atomic E-state index is 0.0617. The van der Waals surface area contributed by atoms with Gasteiger partial charge in [-0.15, -0.1) is 0 Å². The van der Waals surface area contributed by atoms with Crippen LogP contribution in [0.1, 0.15) is 35.3 Å². The fourth-order valence-corrected chi connectivity index (χ4v) is 5.06. The van der Waals surface area contributed by atoms with Crippen LogP contribution in [0.5, 0.6) is 0 Å². The van der Waals surface area contributed by atoms with Crippen LogP contribution in [-0.4, -0.2) is 40.9 Å². The number of nitrogens with zero attached hydrogens (tertiary/aromatic N) is 4. The summed E-state index contributed by atoms with van der Waals surface area (Å²) < 4.78 is 68.0. The first-order valence-corrected chi connectivity index (χ1v) is 11.2. The van der Waals surface area contributed by atoms with Gasteiger partial charge in [-0.1, -0.05) is 12.1 Å². The molecule has 2 aliphatic rings. The van der Waals surface area contributed by atoms with E-state index < -0.39 is 34.8 Å². The quantitative estimate of drug-likeness (QED) is 0.524. The van der Waals surface area contributed by atoms with Gasteiger partial charge in [-0.2, -0.15) is 13.2 Å². The highest BCUT2D eigenvalue weighted by molar-refractivity contribution is 6.04. The van der Waals surface area contributed by atoms with Gasteiger partial charge in [-0.05, 0) is 44.3 Å². The smallest absolute Gasteiger partial charge is 0.363 e. The normalized spacial score (nSPS) is 18.1. The fourth-order valence-electron chi connectivity index (χ4n) is 5.06. The van der Waals surface area contributed by atoms with Gasteiger partial charge in [-0.3, -0.25) is 4.79 Å². The highest BCUT2D eigenvalue weighted by Gasteiger charge is 2.56. The Hall–Kier alpha value is -3.60. The Bertz CT molecular complexity index is 1320. The van der Waals surface area contributed by atoms with Gasteiger partial charge < -0.3 is 15.1 Å². The van der Waals surface area contributed by atoms with Gasteiger partial charge in [-0.25, -0.2) is 18.7 Å². The van der Waals surface area contributed by atoms with Crippen LogP contribution >= 0.6 is 0 Å². The number of fused-ring (bicyclic) bond motifs is 2. The third-order valence-corrected chi connectivity index (χ3v) is 6.74. The highest BCUT2D eigenvalue weighted by atomic mass is 19.4. The first-order chi connectivity index (χ1) is 17.0. The number of halogens is 5. The van der Waals surface area contributed by atoms with E-state index >= 15 is 0 Å². The van der Waals surface area contributed by atoms with Gasteiger partial charge >= 0.3 is 6.18 Å². The minimum atomic E-state index is -4.83. The van der Waals surface area contributed by atoms with Crippen LogP contribution in [0.3, 0.4) is 0 Å². The van der Waals surface area contributed by atoms with Crippen molar-refractivity contribution in [1.29, 1.82) is 0 Å². The van der Waals surface area contributed by atoms with Crippen LogP contribution in [0, 0.1) is 11.6 Å². The van der Waals surface area contributed by atoms with Crippen molar-refractivity contribution in [2.75, 3.05) is 30.4 Å². The molecule has 5 rings (SSSR count). The van der Waals surface area contributed by atoms with E-state index in [-0.39, 0.29) is 23.8 Å². The number of hydrogen-bond donors (Lipinski definition) is 1. The molecule has 1 N–H and O–H groups in total. The van der Waals surface area contributed by atoms with E-state index in [4.69, 9.17) is 0 Å². The van der Waals surface area contributed by atoms with Crippen LogP contribution < -0.4 is 10.2 Å². The van der Waals surface area contributed by atoms with Gasteiger partial charge in [0.25, 0.3) is 0 Å². The maximum absolute atomic E-state index is 14.8. The molecule has 36 heavy (non-hydrogen) atoms. The number of nitrogens with one attached hydrogen (secondary N) is 1. The lowest BCUT2D eigenvalue weighted by atomic mass is 9.71. The van der Waals surface area contributed by atoms with Gasteiger partial charge in [0.05, 0.1) is 23.8 Å². The van der Waals surface area contributed by atoms with Gasteiger partial charge in [0, 0.05) is 29.9 Å². The molecule has 1 aromatic heterocycles. The standard InChI is InChI=1S/C25H22F5N5O/c1-14(17-4-3-5-19(20(17)27)25(28,29)30)33-22-18-10-35(16-8-6-15(26)7-9-16)23(36)24(11-34(2)12-24)21(18)31-13-32-22/h3-9,13-14H,10-12H2,1-2H3,(H,31,32,33)/t14-/m1/s1. The second-order valence-corrected chi connectivity index (χ2v) is 9.24. The predicted octanol–water partition coefficient (Wildman–Crippen LogP) is 4.68. The number of aromatic nitrogens is 2. The van der Waals surface area contributed by atoms with Crippen molar-refractivity contribution in [1.82, 2.24) is 14.9 Å². The number of anilines is 2. The minimum Gasteiger partial charge on any atom is -0.363 e. The zero-order valence-corrected chi connectivity index (χ0v) is 19.4. The molecule has 1 saturated heterocycles. The van der Waals surface area contributed by atoms with Crippen LogP contribution in [-0.2, 0) is 22.9 Å². The molecule has 3 heterocycles. The molecule has 0 bridgehead atoms. The predicted molar refractivity (Wildman–Crippen MR) is 122 cm³/mol. The number of hydrogen-bond acceptors (Lipinski definition) is 5. The zero-order chi connectivity index (χ0) is 25.8. The fraction of sp³-hybridized carbons (Fsp3) is 0.320. The number of benzene rings is 2. The van der Waals surface area contributed by atoms with Crippen LogP contribution in [0.15, 0.2) is 48.8 Å². The van der Waals surface area contributed by atoms with Crippen molar-refractivity contribution in [3.8, 4) is 0 Å². The number of likely N-dealkylation sites (N-methyl/N-ethyl adjacent to an activating group) is 1. The molecule has 188 valence electrons. The third kappa shape index (κ3) is 3.87. The van der Waals surface area contributed by atoms with Crippen molar-refractivity contribution in [3.05, 3.63) is 82.8 Å². The summed E-state index contributed by atoms with van der Waals surface area (Å²) >= 11 is 0. The van der Waals surface area contributed by atoms with E-state index in [2.05, 4.69) is 15.3 Å². The molecule has 2 aromatic carbocycles. The highest BCUT2D eigenvalue weighted by Crippen LogP contribution is 2.44. The lowest BCUT2D eigenvalue weighted by molar-refractivity contribution is -0.140. The largest absolute Gasteiger partial charge is 0.419 e. The summed E-state index contributed by atoms with van der Waals surface area (Å²) in [6.07, 6.45) is -3.54. The summed E-state index contributed by atoms with van der Waals surface area (Å²) in [5.74, 6) is -1.68. The molecule has 0 saturated carbocycles. The lowest BCUT2D eigenvalue weighted by Crippen LogP contribution is -2.68. The Balaban J connectivity index is 1.54. The number of likely N-dealkylation sites (tertiary alicyclic amines) is 1. The second-order valence-electron chi connectivity index (χ2n) is 9.24. The molecule has 0 radical (unpaired) electrons. The van der Waals surface area contributed by atoms with Crippen molar-refractivity contribution < 1.29 is 26.7 Å². The maximum Gasteiger partial charge on any atom is 0.419 e. The molecule has 0 aliphatic carbocycles. The average molecular weight is 503 g/mol. The van der Waals surface area contributed by atoms with E-state index in [9.17, 15) is 26.7 Å². The van der Waals surface area contributed by atoms with E-state index in [0.29, 0.717) is 36.1 Å². The molecule has 1 spiro atoms. The molecule has 3 aromatic rings. The summed E-state index contributed by atoms with van der Waals surface area (Å²) in [5, 5.41) is 3.03. The Morgan fingerprint density at radius 1 is 1.06 bits per heavy atom. The number of carbonyl (C=O) groups is 1. The van der Waals surface area contributed by atoms with Crippen molar-refractivity contribution in [2.24, 2.45) is 0 Å². The topological polar surface area (TPSA) is 61.4 Å². The van der Waals surface area contributed by atoms with Gasteiger partial charge in [0.1, 0.15) is 29.2 Å². The first kappa shape index (κ1) is 24.1. The number of rotatable bonds is 4. The Kier molecular flexibility index (Phi) is 5.70. The molecular weight excluding hydrogens is 481 g/mol. The molecular formula is C25H22F5N5O. The van der Waals surface area contributed by atoms with Crippen LogP contribution in [0.4, 0.5) is 33.5 Å². The van der Waals surface area contributed by atoms with E-state index in [1.807, 2.05) is 11.9 Å². The first-order valence-electron chi connectivity index (χ1n) is 11.2. The average Bonchev–Trinajstić information content (AvgIpc) is 2.80. The number of amides is 1. The van der Waals surface area contributed by atoms with Gasteiger partial charge in [0.15, 0.2) is 0 Å². The second kappa shape index (κ2) is 8.51. The van der Waals surface area contributed by atoms with E-state index in [1.54, 1.807) is 0 Å². The van der Waals surface area contributed by atoms with Crippen molar-refractivity contribution in [3.63, 3.8) is 0 Å². The van der Waals surface area contributed by atoms with E-state index in [0.717, 1.165) is 6.07 Å². The maximum atomic E-state index is 14.8. The summed E-state index contributed by atoms with van der Waals surface area (Å²) in [6, 6.07) is 7.80. The van der Waals surface area contributed by atoms with Crippen molar-refractivity contribution in [2.45, 2.75) is 31.1 Å². The van der Waals surface area contributed by atoms with Crippen LogP contribution in [0.25, 0.3) is 0 Å². The van der Waals surface area contributed by atoms with Crippen LogP contribution in [0.2, 0.25) is 0 Å². The monoisotopic (exact) mass is 503 g/mol. The molecule has 6 nitrogen and oxygen atoms in total. The molecule has 0 unspecified atom stereocenters. The van der Waals surface area contributed by atoms with Gasteiger partial charge in [0.2, 0.25) is 5.91 Å². The SMILES string of the molecule is C[C@@H](Nc1ncnc2c1CN(c1ccc(F)cc1)C(=O)C21CN(C)C1)c1cccc(C(F)(F)F)c1F. The summed E-state index contributed by atoms with van der Waals surface area (Å²) in [7, 11) is 1.87. The summed E-state index contributed by atoms with van der Waals surface area (Å²) in [5.41, 5.74) is -0.860. The molecule has 2 aliphatic heterocycles. The molecule has 1 amide bonds. The summed E-state index contributed by atoms with van der Waals surface area (Å²) in [6.45, 7) is 2.41. The molecule has 1 atom stereocenters. The molecule has 1 fully saturated rings. The number of carbonyl (C=O) groups excluding carboxylic acids is 1. The third-order valence-electron chi connectivity index (χ3n) is 6.74. The Morgan fingerprint density at radius 2 is 1.75 bits per heavy atom. The van der Waals surface area contributed by atoms with Crippen molar-refractivity contribution >= 4 is 17.4 Å². The Morgan fingerprint density at radius 3 is 2.39 bits per heavy atom. The lowest BCUT2D eigenvalue weighted by Gasteiger charge is -2.51. The Labute approximate surface area is 203 Å². The summed E-state index contributed by atoms with van der Waals surface area (Å²) in [4.78, 5) is 25.8. The number of alkyl halides is 3. The van der Waals surface area contributed by atoms with E-state index in [1.165, 1.54) is 48.5 Å².